The molecule has 1 fully saturated rings. The van der Waals surface area contributed by atoms with Gasteiger partial charge in [-0.05, 0) is 48.2 Å². The molecule has 0 saturated heterocycles. The Bertz CT molecular complexity index is 1520. The summed E-state index contributed by atoms with van der Waals surface area (Å²) in [5.41, 5.74) is 5.15. The van der Waals surface area contributed by atoms with E-state index in [1.807, 2.05) is 42.6 Å². The molecule has 5 aromatic rings. The molecule has 3 aromatic heterocycles. The van der Waals surface area contributed by atoms with E-state index in [0.29, 0.717) is 11.4 Å². The van der Waals surface area contributed by atoms with Gasteiger partial charge in [0.2, 0.25) is 0 Å². The number of aromatic nitrogens is 5. The first-order valence-electron chi connectivity index (χ1n) is 10.3. The normalized spacial score (nSPS) is 13.6. The second-order valence-electron chi connectivity index (χ2n) is 7.98. The highest BCUT2D eigenvalue weighted by molar-refractivity contribution is 6.11. The standard InChI is InChI=1S/C23H18N6O3/c30-22(17-11-29(23(31)32)28-21(17)12-4-5-12)26-19-8-13(9-20-16(19)10-25-27-20)14-2-1-3-18-15(14)6-7-24-18/h1-3,6-12,24H,4-5H2,(H,25,27)(H,26,30)(H,31,32). The molecule has 4 N–H and O–H groups in total. The Hall–Kier alpha value is -4.40. The van der Waals surface area contributed by atoms with Crippen molar-refractivity contribution < 1.29 is 14.7 Å². The number of nitrogens with zero attached hydrogens (tertiary/aromatic N) is 3. The monoisotopic (exact) mass is 426 g/mol. The van der Waals surface area contributed by atoms with Gasteiger partial charge in [0, 0.05) is 28.4 Å². The molecule has 0 unspecified atom stereocenters. The van der Waals surface area contributed by atoms with Crippen LogP contribution in [-0.2, 0) is 0 Å². The zero-order valence-corrected chi connectivity index (χ0v) is 16.8. The molecular formula is C23H18N6O3. The average Bonchev–Trinajstić information content (AvgIpc) is 3.20. The molecule has 0 aliphatic heterocycles. The first kappa shape index (κ1) is 18.4. The van der Waals surface area contributed by atoms with Gasteiger partial charge in [-0.25, -0.2) is 4.79 Å². The van der Waals surface area contributed by atoms with E-state index in [1.165, 1.54) is 6.20 Å². The molecule has 0 spiro atoms. The van der Waals surface area contributed by atoms with Gasteiger partial charge in [-0.3, -0.25) is 9.89 Å². The van der Waals surface area contributed by atoms with Gasteiger partial charge in [0.05, 0.1) is 34.9 Å². The molecular weight excluding hydrogens is 408 g/mol. The zero-order valence-electron chi connectivity index (χ0n) is 16.8. The lowest BCUT2D eigenvalue weighted by Gasteiger charge is -2.10. The van der Waals surface area contributed by atoms with Crippen LogP contribution >= 0.6 is 0 Å². The fourth-order valence-corrected chi connectivity index (χ4v) is 4.16. The van der Waals surface area contributed by atoms with E-state index in [2.05, 4.69) is 25.6 Å². The highest BCUT2D eigenvalue weighted by Crippen LogP contribution is 2.41. The number of carbonyl (C=O) groups excluding carboxylic acids is 1. The summed E-state index contributed by atoms with van der Waals surface area (Å²) in [5.74, 6) is -0.262. The number of anilines is 1. The molecule has 2 aromatic carbocycles. The highest BCUT2D eigenvalue weighted by Gasteiger charge is 2.32. The summed E-state index contributed by atoms with van der Waals surface area (Å²) in [7, 11) is 0. The van der Waals surface area contributed by atoms with Crippen molar-refractivity contribution in [2.24, 2.45) is 0 Å². The van der Waals surface area contributed by atoms with Crippen molar-refractivity contribution in [1.29, 1.82) is 0 Å². The third-order valence-electron chi connectivity index (χ3n) is 5.86. The van der Waals surface area contributed by atoms with Gasteiger partial charge in [-0.15, -0.1) is 0 Å². The molecule has 1 aliphatic rings. The molecule has 0 radical (unpaired) electrons. The van der Waals surface area contributed by atoms with E-state index >= 15 is 0 Å². The Morgan fingerprint density at radius 1 is 1.12 bits per heavy atom. The van der Waals surface area contributed by atoms with Gasteiger partial charge in [0.1, 0.15) is 0 Å². The fraction of sp³-hybridized carbons (Fsp3) is 0.130. The third-order valence-corrected chi connectivity index (χ3v) is 5.86. The molecule has 9 heteroatoms. The number of fused-ring (bicyclic) bond motifs is 2. The second kappa shape index (κ2) is 6.81. The summed E-state index contributed by atoms with van der Waals surface area (Å²) in [4.78, 5) is 27.8. The predicted octanol–water partition coefficient (Wildman–Crippen LogP) is 4.56. The second-order valence-corrected chi connectivity index (χ2v) is 7.98. The summed E-state index contributed by atoms with van der Waals surface area (Å²) in [5, 5.41) is 25.3. The first-order chi connectivity index (χ1) is 15.6. The van der Waals surface area contributed by atoms with Crippen molar-refractivity contribution in [3.8, 4) is 11.1 Å². The van der Waals surface area contributed by atoms with E-state index < -0.39 is 6.09 Å². The highest BCUT2D eigenvalue weighted by atomic mass is 16.4. The zero-order chi connectivity index (χ0) is 21.8. The first-order valence-corrected chi connectivity index (χ1v) is 10.3. The van der Waals surface area contributed by atoms with Crippen molar-refractivity contribution in [3.05, 3.63) is 66.2 Å². The van der Waals surface area contributed by atoms with Crippen molar-refractivity contribution in [2.75, 3.05) is 5.32 Å². The minimum Gasteiger partial charge on any atom is -0.463 e. The largest absolute Gasteiger partial charge is 0.463 e. The van der Waals surface area contributed by atoms with Gasteiger partial charge in [-0.1, -0.05) is 12.1 Å². The fourth-order valence-electron chi connectivity index (χ4n) is 4.16. The lowest BCUT2D eigenvalue weighted by atomic mass is 9.99. The minimum atomic E-state index is -1.22. The van der Waals surface area contributed by atoms with Gasteiger partial charge in [0.25, 0.3) is 5.91 Å². The van der Waals surface area contributed by atoms with E-state index in [1.54, 1.807) is 6.20 Å². The number of benzene rings is 2. The maximum atomic E-state index is 13.2. The number of carboxylic acid groups (broad SMARTS) is 1. The summed E-state index contributed by atoms with van der Waals surface area (Å²) in [6, 6.07) is 11.9. The van der Waals surface area contributed by atoms with Crippen molar-refractivity contribution in [1.82, 2.24) is 25.0 Å². The Morgan fingerprint density at radius 3 is 2.81 bits per heavy atom. The Kier molecular flexibility index (Phi) is 3.91. The molecule has 1 saturated carbocycles. The SMILES string of the molecule is O=C(Nc1cc(-c2cccc3[nH]ccc23)cc2[nH]ncc12)c1cn(C(=O)O)nc1C1CC1. The molecule has 6 rings (SSSR count). The maximum Gasteiger partial charge on any atom is 0.432 e. The van der Waals surface area contributed by atoms with Crippen LogP contribution in [0.1, 0.15) is 34.8 Å². The smallest absolute Gasteiger partial charge is 0.432 e. The molecule has 9 nitrogen and oxygen atoms in total. The number of rotatable bonds is 4. The van der Waals surface area contributed by atoms with E-state index in [-0.39, 0.29) is 17.4 Å². The van der Waals surface area contributed by atoms with Crippen LogP contribution in [0.3, 0.4) is 0 Å². The maximum absolute atomic E-state index is 13.2. The van der Waals surface area contributed by atoms with Crippen LogP contribution < -0.4 is 5.32 Å². The summed E-state index contributed by atoms with van der Waals surface area (Å²) < 4.78 is 0.805. The number of aromatic amines is 2. The number of amides is 1. The molecule has 0 bridgehead atoms. The number of H-pyrrole nitrogens is 2. The van der Waals surface area contributed by atoms with Crippen LogP contribution in [0.4, 0.5) is 10.5 Å². The van der Waals surface area contributed by atoms with Crippen molar-refractivity contribution in [2.45, 2.75) is 18.8 Å². The van der Waals surface area contributed by atoms with Gasteiger partial charge in [-0.2, -0.15) is 14.9 Å². The Balaban J connectivity index is 1.44. The summed E-state index contributed by atoms with van der Waals surface area (Å²) >= 11 is 0. The number of hydrogen-bond acceptors (Lipinski definition) is 4. The summed E-state index contributed by atoms with van der Waals surface area (Å²) in [6.07, 6.45) is 5.42. The van der Waals surface area contributed by atoms with Gasteiger partial charge >= 0.3 is 6.09 Å². The molecule has 1 aliphatic carbocycles. The van der Waals surface area contributed by atoms with Crippen LogP contribution in [-0.4, -0.2) is 42.1 Å². The topological polar surface area (TPSA) is 129 Å². The predicted molar refractivity (Wildman–Crippen MR) is 119 cm³/mol. The third kappa shape index (κ3) is 2.94. The van der Waals surface area contributed by atoms with Crippen molar-refractivity contribution >= 4 is 39.5 Å². The number of hydrogen-bond donors (Lipinski definition) is 4. The van der Waals surface area contributed by atoms with Crippen LogP contribution in [0.5, 0.6) is 0 Å². The van der Waals surface area contributed by atoms with Crippen LogP contribution in [0.25, 0.3) is 32.9 Å². The lowest BCUT2D eigenvalue weighted by molar-refractivity contribution is 0.102. The van der Waals surface area contributed by atoms with Gasteiger partial charge < -0.3 is 15.4 Å². The number of carbonyl (C=O) groups is 2. The molecule has 158 valence electrons. The molecule has 32 heavy (non-hydrogen) atoms. The quantitative estimate of drug-likeness (QED) is 0.335. The van der Waals surface area contributed by atoms with Crippen LogP contribution in [0, 0.1) is 0 Å². The van der Waals surface area contributed by atoms with E-state index in [9.17, 15) is 14.7 Å². The Morgan fingerprint density at radius 2 is 2.00 bits per heavy atom. The lowest BCUT2D eigenvalue weighted by Crippen LogP contribution is -2.13. The number of nitrogens with one attached hydrogen (secondary N) is 3. The molecule has 3 heterocycles. The van der Waals surface area contributed by atoms with E-state index in [4.69, 9.17) is 0 Å². The van der Waals surface area contributed by atoms with Crippen molar-refractivity contribution in [3.63, 3.8) is 0 Å². The van der Waals surface area contributed by atoms with Crippen LogP contribution in [0.2, 0.25) is 0 Å². The van der Waals surface area contributed by atoms with Gasteiger partial charge in [0.15, 0.2) is 0 Å². The molecule has 1 amide bonds. The van der Waals surface area contributed by atoms with Crippen LogP contribution in [0.15, 0.2) is 55.0 Å². The average molecular weight is 426 g/mol. The molecule has 0 atom stereocenters. The summed E-state index contributed by atoms with van der Waals surface area (Å²) in [6.45, 7) is 0. The Labute approximate surface area is 181 Å². The minimum absolute atomic E-state index is 0.128. The van der Waals surface area contributed by atoms with E-state index in [0.717, 1.165) is 50.5 Å².